The van der Waals surface area contributed by atoms with Crippen molar-refractivity contribution < 1.29 is 4.79 Å². The fourth-order valence-corrected chi connectivity index (χ4v) is 3.99. The molecule has 0 spiro atoms. The number of nitrogens with one attached hydrogen (secondary N) is 1. The summed E-state index contributed by atoms with van der Waals surface area (Å²) in [7, 11) is 0. The smallest absolute Gasteiger partial charge is 0.257 e. The van der Waals surface area contributed by atoms with Crippen molar-refractivity contribution in [3.8, 4) is 5.82 Å². The number of carbonyl (C=O) groups excluding carboxylic acids is 1. The Morgan fingerprint density at radius 3 is 2.48 bits per heavy atom. The molecular weight excluding hydrogens is 386 g/mol. The van der Waals surface area contributed by atoms with Crippen molar-refractivity contribution in [1.29, 1.82) is 0 Å². The van der Waals surface area contributed by atoms with Crippen LogP contribution < -0.4 is 10.2 Å². The Balaban J connectivity index is 1.46. The van der Waals surface area contributed by atoms with Crippen molar-refractivity contribution in [2.75, 3.05) is 23.3 Å². The number of benzene rings is 1. The lowest BCUT2D eigenvalue weighted by Gasteiger charge is -2.29. The molecule has 1 saturated heterocycles. The Morgan fingerprint density at radius 1 is 1.07 bits per heavy atom. The zero-order chi connectivity index (χ0) is 20.4. The van der Waals surface area contributed by atoms with Gasteiger partial charge in [0.1, 0.15) is 0 Å². The number of carbonyl (C=O) groups is 1. The minimum absolute atomic E-state index is 0.223. The molecule has 150 valence electrons. The van der Waals surface area contributed by atoms with E-state index in [2.05, 4.69) is 20.3 Å². The number of hydrogen-bond donors (Lipinski definition) is 1. The quantitative estimate of drug-likeness (QED) is 0.673. The first kappa shape index (κ1) is 19.5. The van der Waals surface area contributed by atoms with Gasteiger partial charge in [-0.25, -0.2) is 9.67 Å². The molecule has 0 saturated carbocycles. The van der Waals surface area contributed by atoms with E-state index in [1.165, 1.54) is 19.3 Å². The molecule has 2 aromatic heterocycles. The molecule has 0 radical (unpaired) electrons. The highest BCUT2D eigenvalue weighted by Gasteiger charge is 2.15. The van der Waals surface area contributed by atoms with Gasteiger partial charge in [0.25, 0.3) is 5.91 Å². The lowest BCUT2D eigenvalue weighted by Crippen LogP contribution is -2.29. The lowest BCUT2D eigenvalue weighted by atomic mass is 10.1. The van der Waals surface area contributed by atoms with Crippen LogP contribution in [0.3, 0.4) is 0 Å². The van der Waals surface area contributed by atoms with E-state index in [9.17, 15) is 4.79 Å². The van der Waals surface area contributed by atoms with E-state index in [1.54, 1.807) is 29.1 Å². The zero-order valence-electron chi connectivity index (χ0n) is 16.7. The average Bonchev–Trinajstić information content (AvgIpc) is 3.07. The van der Waals surface area contributed by atoms with Crippen molar-refractivity contribution in [2.24, 2.45) is 0 Å². The summed E-state index contributed by atoms with van der Waals surface area (Å²) in [6.07, 6.45) is 5.21. The van der Waals surface area contributed by atoms with E-state index in [0.29, 0.717) is 22.1 Å². The highest BCUT2D eigenvalue weighted by molar-refractivity contribution is 6.33. The molecule has 29 heavy (non-hydrogen) atoms. The van der Waals surface area contributed by atoms with Crippen LogP contribution in [0, 0.1) is 13.8 Å². The predicted octanol–water partition coefficient (Wildman–Crippen LogP) is 4.78. The molecule has 0 aliphatic carbocycles. The van der Waals surface area contributed by atoms with E-state index >= 15 is 0 Å². The number of halogens is 1. The molecule has 1 amide bonds. The summed E-state index contributed by atoms with van der Waals surface area (Å²) in [5, 5.41) is 7.97. The summed E-state index contributed by atoms with van der Waals surface area (Å²) < 4.78 is 1.76. The minimum Gasteiger partial charge on any atom is -0.370 e. The van der Waals surface area contributed by atoms with Gasteiger partial charge >= 0.3 is 0 Å². The first-order chi connectivity index (χ1) is 14.0. The molecule has 3 aromatic rings. The molecule has 4 rings (SSSR count). The van der Waals surface area contributed by atoms with E-state index in [4.69, 9.17) is 11.6 Å². The van der Waals surface area contributed by atoms with Gasteiger partial charge in [-0.2, -0.15) is 5.10 Å². The van der Waals surface area contributed by atoms with Gasteiger partial charge in [0.2, 0.25) is 0 Å². The maximum absolute atomic E-state index is 12.6. The average molecular weight is 410 g/mol. The van der Waals surface area contributed by atoms with Crippen LogP contribution in [0.1, 0.15) is 41.0 Å². The lowest BCUT2D eigenvalue weighted by molar-refractivity contribution is 0.102. The standard InChI is InChI=1S/C22H24ClN5O/c1-15-12-16(2)28(26-15)21-9-6-17(14-24-21)22(29)25-18-7-8-20(19(23)13-18)27-10-4-3-5-11-27/h6-9,12-14H,3-5,10-11H2,1-2H3,(H,25,29). The van der Waals surface area contributed by atoms with Crippen LogP contribution in [0.5, 0.6) is 0 Å². The second kappa shape index (κ2) is 8.25. The summed E-state index contributed by atoms with van der Waals surface area (Å²) >= 11 is 6.48. The third-order valence-electron chi connectivity index (χ3n) is 5.14. The van der Waals surface area contributed by atoms with Gasteiger partial charge in [-0.05, 0) is 69.5 Å². The van der Waals surface area contributed by atoms with Crippen molar-refractivity contribution >= 4 is 28.9 Å². The molecule has 1 aromatic carbocycles. The minimum atomic E-state index is -0.223. The number of aryl methyl sites for hydroxylation is 2. The predicted molar refractivity (Wildman–Crippen MR) is 116 cm³/mol. The summed E-state index contributed by atoms with van der Waals surface area (Å²) in [4.78, 5) is 19.3. The molecule has 1 aliphatic heterocycles. The number of anilines is 2. The third kappa shape index (κ3) is 4.27. The first-order valence-corrected chi connectivity index (χ1v) is 10.2. The second-order valence-corrected chi connectivity index (χ2v) is 7.82. The van der Waals surface area contributed by atoms with Gasteiger partial charge in [0, 0.05) is 30.7 Å². The first-order valence-electron chi connectivity index (χ1n) is 9.87. The summed E-state index contributed by atoms with van der Waals surface area (Å²) in [6, 6.07) is 11.2. The Bertz CT molecular complexity index is 1020. The number of rotatable bonds is 4. The van der Waals surface area contributed by atoms with Crippen molar-refractivity contribution in [2.45, 2.75) is 33.1 Å². The fraction of sp³-hybridized carbons (Fsp3) is 0.318. The van der Waals surface area contributed by atoms with Crippen LogP contribution in [0.15, 0.2) is 42.6 Å². The van der Waals surface area contributed by atoms with Crippen LogP contribution in [0.4, 0.5) is 11.4 Å². The number of nitrogens with zero attached hydrogens (tertiary/aromatic N) is 4. The molecule has 6 nitrogen and oxygen atoms in total. The van der Waals surface area contributed by atoms with Crippen molar-refractivity contribution in [3.63, 3.8) is 0 Å². The Labute approximate surface area is 175 Å². The number of aromatic nitrogens is 3. The molecule has 0 unspecified atom stereocenters. The summed E-state index contributed by atoms with van der Waals surface area (Å²) in [5.74, 6) is 0.459. The Hall–Kier alpha value is -2.86. The van der Waals surface area contributed by atoms with Gasteiger partial charge < -0.3 is 10.2 Å². The Morgan fingerprint density at radius 2 is 1.86 bits per heavy atom. The van der Waals surface area contributed by atoms with Crippen molar-refractivity contribution in [3.05, 3.63) is 64.6 Å². The van der Waals surface area contributed by atoms with E-state index < -0.39 is 0 Å². The molecular formula is C22H24ClN5O. The van der Waals surface area contributed by atoms with Gasteiger partial charge in [0.05, 0.1) is 22.0 Å². The molecule has 1 aliphatic rings. The maximum atomic E-state index is 12.6. The zero-order valence-corrected chi connectivity index (χ0v) is 17.4. The molecule has 7 heteroatoms. The third-order valence-corrected chi connectivity index (χ3v) is 5.44. The van der Waals surface area contributed by atoms with Crippen LogP contribution in [-0.4, -0.2) is 33.8 Å². The molecule has 3 heterocycles. The monoisotopic (exact) mass is 409 g/mol. The van der Waals surface area contributed by atoms with Crippen LogP contribution in [0.2, 0.25) is 5.02 Å². The second-order valence-electron chi connectivity index (χ2n) is 7.41. The van der Waals surface area contributed by atoms with Gasteiger partial charge in [-0.3, -0.25) is 4.79 Å². The Kier molecular flexibility index (Phi) is 5.53. The molecule has 1 N–H and O–H groups in total. The largest absolute Gasteiger partial charge is 0.370 e. The highest BCUT2D eigenvalue weighted by Crippen LogP contribution is 2.31. The number of amides is 1. The van der Waals surface area contributed by atoms with Crippen molar-refractivity contribution in [1.82, 2.24) is 14.8 Å². The van der Waals surface area contributed by atoms with Crippen LogP contribution in [0.25, 0.3) is 5.82 Å². The van der Waals surface area contributed by atoms with Gasteiger partial charge in [-0.1, -0.05) is 11.6 Å². The number of piperidine rings is 1. The molecule has 0 atom stereocenters. The molecule has 0 bridgehead atoms. The SMILES string of the molecule is Cc1cc(C)n(-c2ccc(C(=O)Nc3ccc(N4CCCCC4)c(Cl)c3)cn2)n1. The van der Waals surface area contributed by atoms with Gasteiger partial charge in [0.15, 0.2) is 5.82 Å². The van der Waals surface area contributed by atoms with E-state index in [1.807, 2.05) is 32.0 Å². The van der Waals surface area contributed by atoms with Gasteiger partial charge in [-0.15, -0.1) is 0 Å². The van der Waals surface area contributed by atoms with Crippen LogP contribution in [-0.2, 0) is 0 Å². The fourth-order valence-electron chi connectivity index (χ4n) is 3.69. The number of hydrogen-bond acceptors (Lipinski definition) is 4. The topological polar surface area (TPSA) is 63.1 Å². The van der Waals surface area contributed by atoms with Crippen LogP contribution >= 0.6 is 11.6 Å². The van der Waals surface area contributed by atoms with E-state index in [0.717, 1.165) is 30.2 Å². The maximum Gasteiger partial charge on any atom is 0.257 e. The highest BCUT2D eigenvalue weighted by atomic mass is 35.5. The number of pyridine rings is 1. The summed E-state index contributed by atoms with van der Waals surface area (Å²) in [5.41, 5.74) is 4.10. The molecule has 1 fully saturated rings. The normalized spacial score (nSPS) is 14.1. The van der Waals surface area contributed by atoms with E-state index in [-0.39, 0.29) is 5.91 Å². The summed E-state index contributed by atoms with van der Waals surface area (Å²) in [6.45, 7) is 5.96.